The maximum atomic E-state index is 11.7. The van der Waals surface area contributed by atoms with Crippen LogP contribution in [0.25, 0.3) is 0 Å². The SMILES string of the molecule is Cc1cc(C)c(C(=O)CC(C)C)cn1. The van der Waals surface area contributed by atoms with E-state index in [1.54, 1.807) is 6.20 Å². The van der Waals surface area contributed by atoms with E-state index in [9.17, 15) is 4.79 Å². The molecule has 0 amide bonds. The molecule has 0 saturated carbocycles. The number of Topliss-reactive ketones (excluding diaryl/α,β-unsaturated/α-hetero) is 1. The molecule has 76 valence electrons. The fraction of sp³-hybridized carbons (Fsp3) is 0.500. The fourth-order valence-corrected chi connectivity index (χ4v) is 1.47. The van der Waals surface area contributed by atoms with Gasteiger partial charge in [-0.15, -0.1) is 0 Å². The van der Waals surface area contributed by atoms with Crippen LogP contribution in [0.4, 0.5) is 0 Å². The van der Waals surface area contributed by atoms with E-state index in [2.05, 4.69) is 18.8 Å². The van der Waals surface area contributed by atoms with Gasteiger partial charge in [-0.2, -0.15) is 0 Å². The van der Waals surface area contributed by atoms with Crippen LogP contribution < -0.4 is 0 Å². The Bertz CT molecular complexity index is 342. The van der Waals surface area contributed by atoms with Gasteiger partial charge in [-0.1, -0.05) is 13.8 Å². The van der Waals surface area contributed by atoms with Gasteiger partial charge in [0.05, 0.1) is 0 Å². The number of hydrogen-bond donors (Lipinski definition) is 0. The smallest absolute Gasteiger partial charge is 0.164 e. The van der Waals surface area contributed by atoms with Gasteiger partial charge >= 0.3 is 0 Å². The highest BCUT2D eigenvalue weighted by atomic mass is 16.1. The first-order valence-corrected chi connectivity index (χ1v) is 4.97. The molecule has 1 aromatic rings. The molecule has 0 bridgehead atoms. The summed E-state index contributed by atoms with van der Waals surface area (Å²) in [6.07, 6.45) is 2.29. The fourth-order valence-electron chi connectivity index (χ4n) is 1.47. The van der Waals surface area contributed by atoms with Gasteiger partial charge in [0.15, 0.2) is 5.78 Å². The highest BCUT2D eigenvalue weighted by Gasteiger charge is 2.11. The number of hydrogen-bond acceptors (Lipinski definition) is 2. The third-order valence-electron chi connectivity index (χ3n) is 2.14. The largest absolute Gasteiger partial charge is 0.294 e. The second kappa shape index (κ2) is 4.36. The van der Waals surface area contributed by atoms with Crippen molar-refractivity contribution >= 4 is 5.78 Å². The molecule has 1 heterocycles. The lowest BCUT2D eigenvalue weighted by Crippen LogP contribution is -2.06. The second-order valence-electron chi connectivity index (χ2n) is 4.16. The van der Waals surface area contributed by atoms with E-state index in [1.807, 2.05) is 19.9 Å². The topological polar surface area (TPSA) is 30.0 Å². The maximum Gasteiger partial charge on any atom is 0.164 e. The molecule has 0 fully saturated rings. The number of aryl methyl sites for hydroxylation is 2. The van der Waals surface area contributed by atoms with Crippen LogP contribution in [0.3, 0.4) is 0 Å². The van der Waals surface area contributed by atoms with E-state index in [-0.39, 0.29) is 5.78 Å². The van der Waals surface area contributed by atoms with Crippen LogP contribution in [0.15, 0.2) is 12.3 Å². The standard InChI is InChI=1S/C12H17NO/c1-8(2)5-12(14)11-7-13-10(4)6-9(11)3/h6-8H,5H2,1-4H3. The lowest BCUT2D eigenvalue weighted by Gasteiger charge is -2.06. The van der Waals surface area contributed by atoms with E-state index in [0.717, 1.165) is 16.8 Å². The average molecular weight is 191 g/mol. The zero-order valence-corrected chi connectivity index (χ0v) is 9.29. The van der Waals surface area contributed by atoms with E-state index in [4.69, 9.17) is 0 Å². The van der Waals surface area contributed by atoms with Crippen LogP contribution in [-0.4, -0.2) is 10.8 Å². The number of carbonyl (C=O) groups excluding carboxylic acids is 1. The first-order chi connectivity index (χ1) is 6.50. The second-order valence-corrected chi connectivity index (χ2v) is 4.16. The van der Waals surface area contributed by atoms with Crippen molar-refractivity contribution in [2.75, 3.05) is 0 Å². The van der Waals surface area contributed by atoms with Gasteiger partial charge < -0.3 is 0 Å². The Hall–Kier alpha value is -1.18. The first kappa shape index (κ1) is 10.9. The zero-order chi connectivity index (χ0) is 10.7. The Morgan fingerprint density at radius 1 is 1.43 bits per heavy atom. The molecule has 0 aliphatic rings. The molecule has 1 aromatic heterocycles. The van der Waals surface area contributed by atoms with Gasteiger partial charge in [-0.05, 0) is 31.4 Å². The van der Waals surface area contributed by atoms with E-state index >= 15 is 0 Å². The summed E-state index contributed by atoms with van der Waals surface area (Å²) in [7, 11) is 0. The molecule has 0 atom stereocenters. The van der Waals surface area contributed by atoms with Crippen molar-refractivity contribution < 1.29 is 4.79 Å². The summed E-state index contributed by atoms with van der Waals surface area (Å²) >= 11 is 0. The molecule has 0 aliphatic heterocycles. The summed E-state index contributed by atoms with van der Waals surface area (Å²) in [5.41, 5.74) is 2.76. The molecule has 0 aliphatic carbocycles. The Balaban J connectivity index is 2.90. The predicted octanol–water partition coefficient (Wildman–Crippen LogP) is 2.93. The number of ketones is 1. The first-order valence-electron chi connectivity index (χ1n) is 4.97. The van der Waals surface area contributed by atoms with E-state index in [1.165, 1.54) is 0 Å². The van der Waals surface area contributed by atoms with Crippen LogP contribution in [0.2, 0.25) is 0 Å². The van der Waals surface area contributed by atoms with Crippen molar-refractivity contribution in [2.45, 2.75) is 34.1 Å². The molecule has 0 saturated heterocycles. The van der Waals surface area contributed by atoms with Crippen molar-refractivity contribution in [3.63, 3.8) is 0 Å². The predicted molar refractivity (Wildman–Crippen MR) is 57.5 cm³/mol. The zero-order valence-electron chi connectivity index (χ0n) is 9.29. The summed E-state index contributed by atoms with van der Waals surface area (Å²) in [6.45, 7) is 8.00. The Morgan fingerprint density at radius 3 is 2.57 bits per heavy atom. The Kier molecular flexibility index (Phi) is 3.39. The van der Waals surface area contributed by atoms with Crippen LogP contribution >= 0.6 is 0 Å². The minimum atomic E-state index is 0.199. The van der Waals surface area contributed by atoms with E-state index < -0.39 is 0 Å². The lowest BCUT2D eigenvalue weighted by molar-refractivity contribution is 0.0967. The van der Waals surface area contributed by atoms with Crippen LogP contribution in [0.1, 0.15) is 41.9 Å². The number of rotatable bonds is 3. The molecule has 0 spiro atoms. The number of carbonyl (C=O) groups is 1. The van der Waals surface area contributed by atoms with Gasteiger partial charge in [0.1, 0.15) is 0 Å². The normalized spacial score (nSPS) is 10.6. The third kappa shape index (κ3) is 2.66. The molecule has 0 unspecified atom stereocenters. The van der Waals surface area contributed by atoms with Crippen molar-refractivity contribution in [3.05, 3.63) is 29.1 Å². The molecule has 0 aromatic carbocycles. The van der Waals surface area contributed by atoms with Gasteiger partial charge in [-0.3, -0.25) is 9.78 Å². The summed E-state index contributed by atoms with van der Waals surface area (Å²) in [6, 6.07) is 1.95. The molecule has 14 heavy (non-hydrogen) atoms. The number of nitrogens with zero attached hydrogens (tertiary/aromatic N) is 1. The molecular formula is C12H17NO. The number of aromatic nitrogens is 1. The molecule has 2 heteroatoms. The van der Waals surface area contributed by atoms with Crippen LogP contribution in [-0.2, 0) is 0 Å². The Morgan fingerprint density at radius 2 is 2.07 bits per heavy atom. The van der Waals surface area contributed by atoms with Gasteiger partial charge in [0, 0.05) is 23.9 Å². The maximum absolute atomic E-state index is 11.7. The van der Waals surface area contributed by atoms with Crippen molar-refractivity contribution in [1.29, 1.82) is 0 Å². The van der Waals surface area contributed by atoms with Crippen molar-refractivity contribution in [2.24, 2.45) is 5.92 Å². The highest BCUT2D eigenvalue weighted by Crippen LogP contribution is 2.13. The minimum absolute atomic E-state index is 0.199. The van der Waals surface area contributed by atoms with Crippen LogP contribution in [0, 0.1) is 19.8 Å². The molecule has 2 nitrogen and oxygen atoms in total. The molecular weight excluding hydrogens is 174 g/mol. The summed E-state index contributed by atoms with van der Waals surface area (Å²) in [5, 5.41) is 0. The third-order valence-corrected chi connectivity index (χ3v) is 2.14. The lowest BCUT2D eigenvalue weighted by atomic mass is 9.99. The van der Waals surface area contributed by atoms with E-state index in [0.29, 0.717) is 12.3 Å². The molecule has 1 rings (SSSR count). The summed E-state index contributed by atoms with van der Waals surface area (Å²) in [4.78, 5) is 15.9. The molecule has 0 N–H and O–H groups in total. The van der Waals surface area contributed by atoms with Gasteiger partial charge in [0.2, 0.25) is 0 Å². The summed E-state index contributed by atoms with van der Waals surface area (Å²) < 4.78 is 0. The quantitative estimate of drug-likeness (QED) is 0.687. The van der Waals surface area contributed by atoms with Crippen LogP contribution in [0.5, 0.6) is 0 Å². The number of pyridine rings is 1. The van der Waals surface area contributed by atoms with Crippen molar-refractivity contribution in [1.82, 2.24) is 4.98 Å². The molecule has 0 radical (unpaired) electrons. The average Bonchev–Trinajstić information content (AvgIpc) is 2.01. The Labute approximate surface area is 85.4 Å². The van der Waals surface area contributed by atoms with Crippen molar-refractivity contribution in [3.8, 4) is 0 Å². The highest BCUT2D eigenvalue weighted by molar-refractivity contribution is 5.97. The minimum Gasteiger partial charge on any atom is -0.294 e. The monoisotopic (exact) mass is 191 g/mol. The van der Waals surface area contributed by atoms with Gasteiger partial charge in [0.25, 0.3) is 0 Å². The summed E-state index contributed by atoms with van der Waals surface area (Å²) in [5.74, 6) is 0.605. The van der Waals surface area contributed by atoms with Gasteiger partial charge in [-0.25, -0.2) is 0 Å².